The highest BCUT2D eigenvalue weighted by Gasteiger charge is 2.38. The summed E-state index contributed by atoms with van der Waals surface area (Å²) in [5.74, 6) is 1.37. The van der Waals surface area contributed by atoms with Gasteiger partial charge in [0.1, 0.15) is 5.60 Å². The summed E-state index contributed by atoms with van der Waals surface area (Å²) in [6.07, 6.45) is 6.87. The highest BCUT2D eigenvalue weighted by Crippen LogP contribution is 2.38. The summed E-state index contributed by atoms with van der Waals surface area (Å²) < 4.78 is 11.4. The predicted molar refractivity (Wildman–Crippen MR) is 72.8 cm³/mol. The van der Waals surface area contributed by atoms with Crippen molar-refractivity contribution in [2.45, 2.75) is 64.0 Å². The maximum Gasteiger partial charge on any atom is 0.243 e. The lowest BCUT2D eigenvalue weighted by molar-refractivity contribution is -0.0636. The van der Waals surface area contributed by atoms with Crippen molar-refractivity contribution in [2.75, 3.05) is 13.7 Å². The second-order valence-electron chi connectivity index (χ2n) is 5.31. The van der Waals surface area contributed by atoms with Gasteiger partial charge in [0.25, 0.3) is 0 Å². The van der Waals surface area contributed by atoms with Crippen LogP contribution in [0.5, 0.6) is 0 Å². The average molecular weight is 267 g/mol. The molecule has 108 valence electrons. The van der Waals surface area contributed by atoms with Gasteiger partial charge in [-0.3, -0.25) is 0 Å². The van der Waals surface area contributed by atoms with E-state index in [9.17, 15) is 0 Å². The van der Waals surface area contributed by atoms with E-state index >= 15 is 0 Å². The number of nitrogens with one attached hydrogen (secondary N) is 1. The van der Waals surface area contributed by atoms with Crippen molar-refractivity contribution >= 4 is 0 Å². The third-order valence-corrected chi connectivity index (χ3v) is 3.98. The third kappa shape index (κ3) is 3.15. The van der Waals surface area contributed by atoms with Gasteiger partial charge < -0.3 is 14.6 Å². The molecular weight excluding hydrogens is 242 g/mol. The normalized spacial score (nSPS) is 21.0. The number of hydrogen-bond donors (Lipinski definition) is 1. The number of ether oxygens (including phenoxy) is 1. The molecule has 19 heavy (non-hydrogen) atoms. The molecule has 0 amide bonds. The van der Waals surface area contributed by atoms with Crippen molar-refractivity contribution < 1.29 is 9.26 Å². The van der Waals surface area contributed by atoms with Crippen LogP contribution in [-0.4, -0.2) is 23.8 Å². The largest absolute Gasteiger partial charge is 0.367 e. The quantitative estimate of drug-likeness (QED) is 0.831. The van der Waals surface area contributed by atoms with Crippen molar-refractivity contribution in [3.63, 3.8) is 0 Å². The van der Waals surface area contributed by atoms with Crippen LogP contribution in [0.25, 0.3) is 0 Å². The Labute approximate surface area is 115 Å². The molecule has 1 aromatic heterocycles. The molecule has 1 fully saturated rings. The molecule has 1 heterocycles. The Balaban J connectivity index is 2.24. The summed E-state index contributed by atoms with van der Waals surface area (Å²) in [6, 6.07) is 0.0747. The first-order valence-corrected chi connectivity index (χ1v) is 7.37. The summed E-state index contributed by atoms with van der Waals surface area (Å²) in [5.41, 5.74) is -0.333. The molecule has 5 nitrogen and oxygen atoms in total. The van der Waals surface area contributed by atoms with Crippen molar-refractivity contribution in [1.82, 2.24) is 15.5 Å². The van der Waals surface area contributed by atoms with E-state index in [1.165, 1.54) is 25.7 Å². The lowest BCUT2D eigenvalue weighted by Gasteiger charge is -2.29. The fraction of sp³-hybridized carbons (Fsp3) is 0.857. The Morgan fingerprint density at radius 1 is 1.32 bits per heavy atom. The van der Waals surface area contributed by atoms with Gasteiger partial charge in [-0.05, 0) is 33.7 Å². The van der Waals surface area contributed by atoms with Crippen molar-refractivity contribution in [2.24, 2.45) is 0 Å². The van der Waals surface area contributed by atoms with E-state index in [0.717, 1.165) is 18.7 Å². The second-order valence-corrected chi connectivity index (χ2v) is 5.31. The molecular formula is C14H25N3O2. The molecule has 0 aliphatic heterocycles. The monoisotopic (exact) mass is 267 g/mol. The topological polar surface area (TPSA) is 60.2 Å². The summed E-state index contributed by atoms with van der Waals surface area (Å²) in [5, 5.41) is 7.31. The fourth-order valence-corrected chi connectivity index (χ4v) is 2.73. The molecule has 1 saturated carbocycles. The SMILES string of the molecule is CCOC1(c2noc(C(C)NC)n2)CCCCCC1. The van der Waals surface area contributed by atoms with E-state index in [-0.39, 0.29) is 11.6 Å². The lowest BCUT2D eigenvalue weighted by Crippen LogP contribution is -2.31. The zero-order valence-electron chi connectivity index (χ0n) is 12.2. The third-order valence-electron chi connectivity index (χ3n) is 3.98. The van der Waals surface area contributed by atoms with E-state index in [2.05, 4.69) is 15.5 Å². The zero-order valence-corrected chi connectivity index (χ0v) is 12.2. The van der Waals surface area contributed by atoms with Crippen molar-refractivity contribution in [3.8, 4) is 0 Å². The van der Waals surface area contributed by atoms with Crippen LogP contribution >= 0.6 is 0 Å². The van der Waals surface area contributed by atoms with Gasteiger partial charge in [0, 0.05) is 6.61 Å². The summed E-state index contributed by atoms with van der Waals surface area (Å²) in [7, 11) is 1.89. The Bertz CT molecular complexity index is 384. The molecule has 0 bridgehead atoms. The Hall–Kier alpha value is -0.940. The minimum Gasteiger partial charge on any atom is -0.367 e. The van der Waals surface area contributed by atoms with Gasteiger partial charge in [-0.15, -0.1) is 0 Å². The van der Waals surface area contributed by atoms with Gasteiger partial charge in [-0.2, -0.15) is 4.98 Å². The molecule has 2 rings (SSSR count). The van der Waals surface area contributed by atoms with Gasteiger partial charge in [0.15, 0.2) is 0 Å². The van der Waals surface area contributed by atoms with E-state index in [1.807, 2.05) is 20.9 Å². The molecule has 1 unspecified atom stereocenters. The molecule has 0 spiro atoms. The van der Waals surface area contributed by atoms with E-state index < -0.39 is 0 Å². The minimum absolute atomic E-state index is 0.0747. The number of aromatic nitrogens is 2. The van der Waals surface area contributed by atoms with E-state index in [1.54, 1.807) is 0 Å². The smallest absolute Gasteiger partial charge is 0.243 e. The van der Waals surface area contributed by atoms with E-state index in [4.69, 9.17) is 9.26 Å². The first kappa shape index (κ1) is 14.5. The minimum atomic E-state index is -0.333. The zero-order chi connectivity index (χ0) is 13.7. The Morgan fingerprint density at radius 2 is 2.00 bits per heavy atom. The average Bonchev–Trinajstić information content (AvgIpc) is 2.81. The van der Waals surface area contributed by atoms with Crippen molar-refractivity contribution in [1.29, 1.82) is 0 Å². The summed E-state index contributed by atoms with van der Waals surface area (Å²) >= 11 is 0. The van der Waals surface area contributed by atoms with Gasteiger partial charge in [-0.1, -0.05) is 30.8 Å². The molecule has 1 aliphatic rings. The van der Waals surface area contributed by atoms with Gasteiger partial charge in [0.05, 0.1) is 6.04 Å². The molecule has 1 aromatic rings. The van der Waals surface area contributed by atoms with Crippen LogP contribution in [-0.2, 0) is 10.3 Å². The van der Waals surface area contributed by atoms with Crippen LogP contribution in [0, 0.1) is 0 Å². The maximum atomic E-state index is 6.06. The van der Waals surface area contributed by atoms with Crippen LogP contribution in [0.4, 0.5) is 0 Å². The van der Waals surface area contributed by atoms with Crippen LogP contribution in [0.1, 0.15) is 70.1 Å². The predicted octanol–water partition coefficient (Wildman–Crippen LogP) is 2.94. The molecule has 1 atom stereocenters. The van der Waals surface area contributed by atoms with Gasteiger partial charge in [-0.25, -0.2) is 0 Å². The Morgan fingerprint density at radius 3 is 2.58 bits per heavy atom. The number of hydrogen-bond acceptors (Lipinski definition) is 5. The fourth-order valence-electron chi connectivity index (χ4n) is 2.73. The summed E-state index contributed by atoms with van der Waals surface area (Å²) in [4.78, 5) is 4.57. The van der Waals surface area contributed by atoms with Gasteiger partial charge in [0.2, 0.25) is 11.7 Å². The number of nitrogens with zero attached hydrogens (tertiary/aromatic N) is 2. The van der Waals surface area contributed by atoms with E-state index in [0.29, 0.717) is 12.5 Å². The first-order chi connectivity index (χ1) is 9.22. The van der Waals surface area contributed by atoms with Crippen molar-refractivity contribution in [3.05, 3.63) is 11.7 Å². The van der Waals surface area contributed by atoms with Crippen LogP contribution < -0.4 is 5.32 Å². The number of rotatable bonds is 5. The standard InChI is InChI=1S/C14H25N3O2/c1-4-18-14(9-7-5-6-8-10-14)13-16-12(19-17-13)11(2)15-3/h11,15H,4-10H2,1-3H3. The van der Waals surface area contributed by atoms with Crippen LogP contribution in [0.2, 0.25) is 0 Å². The molecule has 0 saturated heterocycles. The first-order valence-electron chi connectivity index (χ1n) is 7.37. The van der Waals surface area contributed by atoms with Crippen LogP contribution in [0.15, 0.2) is 4.52 Å². The van der Waals surface area contributed by atoms with Gasteiger partial charge >= 0.3 is 0 Å². The summed E-state index contributed by atoms with van der Waals surface area (Å²) in [6.45, 7) is 4.73. The molecule has 1 aliphatic carbocycles. The molecule has 1 N–H and O–H groups in total. The highest BCUT2D eigenvalue weighted by molar-refractivity contribution is 5.04. The molecule has 0 radical (unpaired) electrons. The molecule has 5 heteroatoms. The maximum absolute atomic E-state index is 6.06. The second kappa shape index (κ2) is 6.48. The van der Waals surface area contributed by atoms with Crippen LogP contribution in [0.3, 0.4) is 0 Å². The lowest BCUT2D eigenvalue weighted by atomic mass is 9.93. The highest BCUT2D eigenvalue weighted by atomic mass is 16.5. The Kier molecular flexibility index (Phi) is 4.93. The molecule has 0 aromatic carbocycles.